The van der Waals surface area contributed by atoms with Gasteiger partial charge < -0.3 is 9.84 Å². The summed E-state index contributed by atoms with van der Waals surface area (Å²) in [6, 6.07) is 0. The highest BCUT2D eigenvalue weighted by molar-refractivity contribution is 6.01. The largest absolute Gasteiger partial charge is 0.462 e. The molecule has 0 aromatic heterocycles. The zero-order valence-electron chi connectivity index (χ0n) is 16.5. The normalized spacial score (nSPS) is 44.4. The van der Waals surface area contributed by atoms with Crippen LogP contribution in [0.2, 0.25) is 0 Å². The molecule has 0 heterocycles. The van der Waals surface area contributed by atoms with Gasteiger partial charge in [-0.2, -0.15) is 0 Å². The first-order valence-corrected chi connectivity index (χ1v) is 10.2. The molecule has 4 aliphatic carbocycles. The van der Waals surface area contributed by atoms with E-state index in [0.29, 0.717) is 18.4 Å². The first-order chi connectivity index (χ1) is 12.8. The summed E-state index contributed by atoms with van der Waals surface area (Å²) in [4.78, 5) is 22.9. The molecule has 0 bridgehead atoms. The van der Waals surface area contributed by atoms with E-state index < -0.39 is 6.10 Å². The van der Waals surface area contributed by atoms with E-state index in [0.717, 1.165) is 32.1 Å². The van der Waals surface area contributed by atoms with Crippen molar-refractivity contribution < 1.29 is 19.4 Å². The van der Waals surface area contributed by atoms with Gasteiger partial charge in [0.1, 0.15) is 6.61 Å². The van der Waals surface area contributed by atoms with Gasteiger partial charge in [-0.3, -0.25) is 9.59 Å². The van der Waals surface area contributed by atoms with Crippen molar-refractivity contribution in [3.05, 3.63) is 35.5 Å². The lowest BCUT2D eigenvalue weighted by Crippen LogP contribution is -2.55. The first-order valence-electron chi connectivity index (χ1n) is 10.2. The van der Waals surface area contributed by atoms with Crippen molar-refractivity contribution >= 4 is 11.8 Å². The minimum absolute atomic E-state index is 0.0213. The molecule has 1 N–H and O–H groups in total. The molecule has 146 valence electrons. The molecule has 4 aliphatic rings. The minimum atomic E-state index is -0.391. The molecule has 6 atom stereocenters. The van der Waals surface area contributed by atoms with E-state index in [-0.39, 0.29) is 28.5 Å². The molecule has 4 nitrogen and oxygen atoms in total. The van der Waals surface area contributed by atoms with Crippen LogP contribution >= 0.6 is 0 Å². The molecule has 6 unspecified atom stereocenters. The number of ketones is 1. The van der Waals surface area contributed by atoms with Crippen LogP contribution in [0.1, 0.15) is 52.9 Å². The Hall–Kier alpha value is -1.68. The van der Waals surface area contributed by atoms with Crippen LogP contribution in [0.3, 0.4) is 0 Å². The fourth-order valence-electron chi connectivity index (χ4n) is 6.77. The number of carbonyl (C=O) groups is 2. The van der Waals surface area contributed by atoms with Gasteiger partial charge >= 0.3 is 5.97 Å². The third-order valence-electron chi connectivity index (χ3n) is 7.96. The quantitative estimate of drug-likeness (QED) is 0.594. The van der Waals surface area contributed by atoms with Crippen LogP contribution in [-0.2, 0) is 14.3 Å². The van der Waals surface area contributed by atoms with Crippen molar-refractivity contribution in [1.29, 1.82) is 0 Å². The van der Waals surface area contributed by atoms with E-state index >= 15 is 0 Å². The molecule has 0 saturated heterocycles. The summed E-state index contributed by atoms with van der Waals surface area (Å²) in [6.07, 6.45) is 12.1. The van der Waals surface area contributed by atoms with Gasteiger partial charge in [0.25, 0.3) is 0 Å². The van der Waals surface area contributed by atoms with Crippen molar-refractivity contribution in [2.75, 3.05) is 6.61 Å². The number of hydrogen-bond acceptors (Lipinski definition) is 4. The summed E-state index contributed by atoms with van der Waals surface area (Å²) in [7, 11) is 0. The van der Waals surface area contributed by atoms with Gasteiger partial charge in [-0.15, -0.1) is 0 Å². The van der Waals surface area contributed by atoms with Crippen molar-refractivity contribution in [1.82, 2.24) is 0 Å². The maximum atomic E-state index is 11.9. The van der Waals surface area contributed by atoms with Crippen LogP contribution in [0.4, 0.5) is 0 Å². The SMILES string of the molecule is CC(=O)OCC=C1CCC2C3CCC4=CC(=O)C=CC4(C)C3C(O)CC12C. The Balaban J connectivity index is 1.64. The second-order valence-electron chi connectivity index (χ2n) is 9.28. The lowest BCUT2D eigenvalue weighted by molar-refractivity contribution is -0.139. The second kappa shape index (κ2) is 6.44. The van der Waals surface area contributed by atoms with Gasteiger partial charge in [-0.05, 0) is 67.6 Å². The van der Waals surface area contributed by atoms with Gasteiger partial charge in [-0.1, -0.05) is 31.1 Å². The predicted molar refractivity (Wildman–Crippen MR) is 103 cm³/mol. The lowest BCUT2D eigenvalue weighted by Gasteiger charge is -2.58. The number of aliphatic hydroxyl groups excluding tert-OH is 1. The molecular formula is C23H30O4. The standard InChI is InChI=1S/C23H30O4/c1-14(24)27-11-9-15-5-7-19-18-6-4-16-12-17(25)8-10-22(16,2)21(18)20(26)13-23(15,19)3/h8-10,12,18-21,26H,4-7,11,13H2,1-3H3. The maximum absolute atomic E-state index is 11.9. The highest BCUT2D eigenvalue weighted by Crippen LogP contribution is 2.65. The molecule has 0 spiro atoms. The van der Waals surface area contributed by atoms with Gasteiger partial charge in [0.15, 0.2) is 5.78 Å². The number of fused-ring (bicyclic) bond motifs is 5. The maximum Gasteiger partial charge on any atom is 0.302 e. The Morgan fingerprint density at radius 3 is 2.85 bits per heavy atom. The Labute approximate surface area is 161 Å². The molecule has 4 rings (SSSR count). The Bertz CT molecular complexity index is 760. The van der Waals surface area contributed by atoms with Gasteiger partial charge in [0.2, 0.25) is 0 Å². The van der Waals surface area contributed by atoms with Crippen molar-refractivity contribution in [3.8, 4) is 0 Å². The Morgan fingerprint density at radius 1 is 1.33 bits per heavy atom. The number of ether oxygens (including phenoxy) is 1. The van der Waals surface area contributed by atoms with Crippen molar-refractivity contribution in [3.63, 3.8) is 0 Å². The van der Waals surface area contributed by atoms with Crippen LogP contribution in [0.5, 0.6) is 0 Å². The third-order valence-corrected chi connectivity index (χ3v) is 7.96. The minimum Gasteiger partial charge on any atom is -0.462 e. The summed E-state index contributed by atoms with van der Waals surface area (Å²) in [5.41, 5.74) is 2.31. The van der Waals surface area contributed by atoms with Gasteiger partial charge in [0.05, 0.1) is 6.10 Å². The van der Waals surface area contributed by atoms with Crippen LogP contribution in [0.15, 0.2) is 35.5 Å². The molecule has 0 aromatic rings. The van der Waals surface area contributed by atoms with Crippen LogP contribution < -0.4 is 0 Å². The van der Waals surface area contributed by atoms with Crippen LogP contribution in [0, 0.1) is 28.6 Å². The Morgan fingerprint density at radius 2 is 2.11 bits per heavy atom. The van der Waals surface area contributed by atoms with E-state index in [1.54, 1.807) is 12.2 Å². The molecule has 0 radical (unpaired) electrons. The number of rotatable bonds is 2. The van der Waals surface area contributed by atoms with Crippen molar-refractivity contribution in [2.24, 2.45) is 28.6 Å². The average Bonchev–Trinajstić information content (AvgIpc) is 2.91. The summed E-state index contributed by atoms with van der Waals surface area (Å²) < 4.78 is 5.13. The number of aliphatic hydroxyl groups is 1. The highest BCUT2D eigenvalue weighted by atomic mass is 16.5. The van der Waals surface area contributed by atoms with E-state index in [1.165, 1.54) is 18.1 Å². The zero-order valence-corrected chi connectivity index (χ0v) is 16.5. The van der Waals surface area contributed by atoms with Crippen LogP contribution in [0.25, 0.3) is 0 Å². The fraction of sp³-hybridized carbons (Fsp3) is 0.652. The highest BCUT2D eigenvalue weighted by Gasteiger charge is 2.60. The van der Waals surface area contributed by atoms with Gasteiger partial charge in [0, 0.05) is 18.3 Å². The molecule has 4 heteroatoms. The number of esters is 1. The predicted octanol–water partition coefficient (Wildman–Crippen LogP) is 3.75. The molecule has 0 aliphatic heterocycles. The van der Waals surface area contributed by atoms with E-state index in [4.69, 9.17) is 4.74 Å². The summed E-state index contributed by atoms with van der Waals surface area (Å²) in [6.45, 7) is 6.25. The number of hydrogen-bond donors (Lipinski definition) is 1. The van der Waals surface area contributed by atoms with Crippen molar-refractivity contribution in [2.45, 2.75) is 59.0 Å². The Kier molecular flexibility index (Phi) is 4.45. The monoisotopic (exact) mass is 370 g/mol. The smallest absolute Gasteiger partial charge is 0.302 e. The molecule has 0 amide bonds. The average molecular weight is 370 g/mol. The van der Waals surface area contributed by atoms with Gasteiger partial charge in [-0.25, -0.2) is 0 Å². The zero-order chi connectivity index (χ0) is 19.4. The van der Waals surface area contributed by atoms with E-state index in [1.807, 2.05) is 0 Å². The molecular weight excluding hydrogens is 340 g/mol. The van der Waals surface area contributed by atoms with Crippen LogP contribution in [-0.4, -0.2) is 29.6 Å². The summed E-state index contributed by atoms with van der Waals surface area (Å²) in [5, 5.41) is 11.3. The number of allylic oxidation sites excluding steroid dienone is 5. The number of carbonyl (C=O) groups excluding carboxylic acids is 2. The molecule has 0 aromatic carbocycles. The van der Waals surface area contributed by atoms with E-state index in [2.05, 4.69) is 26.0 Å². The first kappa shape index (κ1) is 18.7. The third kappa shape index (κ3) is 2.84. The summed E-state index contributed by atoms with van der Waals surface area (Å²) >= 11 is 0. The molecule has 3 saturated carbocycles. The molecule has 3 fully saturated rings. The van der Waals surface area contributed by atoms with E-state index in [9.17, 15) is 14.7 Å². The fourth-order valence-corrected chi connectivity index (χ4v) is 6.77. The second-order valence-corrected chi connectivity index (χ2v) is 9.28. The summed E-state index contributed by atoms with van der Waals surface area (Å²) in [5.74, 6) is 0.992. The topological polar surface area (TPSA) is 63.6 Å². The molecule has 27 heavy (non-hydrogen) atoms. The lowest BCUT2D eigenvalue weighted by atomic mass is 9.47.